The first-order chi connectivity index (χ1) is 13.0. The fourth-order valence-electron chi connectivity index (χ4n) is 3.03. The molecule has 0 aromatic heterocycles. The summed E-state index contributed by atoms with van der Waals surface area (Å²) in [5, 5.41) is 14.7. The number of hydrogen-bond donors (Lipinski definition) is 3. The molecule has 0 radical (unpaired) electrons. The first-order valence-electron chi connectivity index (χ1n) is 9.16. The normalized spacial score (nSPS) is 20.4. The van der Waals surface area contributed by atoms with Crippen molar-refractivity contribution >= 4 is 23.5 Å². The van der Waals surface area contributed by atoms with E-state index < -0.39 is 17.9 Å². The Morgan fingerprint density at radius 2 is 2.07 bits per heavy atom. The Hall–Kier alpha value is -2.61. The molecule has 0 bridgehead atoms. The molecule has 2 unspecified atom stereocenters. The number of aliphatic carboxylic acids is 1. The van der Waals surface area contributed by atoms with Crippen LogP contribution in [-0.2, 0) is 19.1 Å². The van der Waals surface area contributed by atoms with Crippen molar-refractivity contribution in [1.29, 1.82) is 0 Å². The van der Waals surface area contributed by atoms with Crippen molar-refractivity contribution in [1.82, 2.24) is 5.32 Å². The van der Waals surface area contributed by atoms with Crippen molar-refractivity contribution in [3.63, 3.8) is 0 Å². The lowest BCUT2D eigenvalue weighted by atomic mass is 9.94. The molecular formula is C19H24N2O6. The van der Waals surface area contributed by atoms with Crippen LogP contribution >= 0.6 is 0 Å². The van der Waals surface area contributed by atoms with Gasteiger partial charge in [0, 0.05) is 30.2 Å². The van der Waals surface area contributed by atoms with Crippen LogP contribution in [0.5, 0.6) is 5.75 Å². The van der Waals surface area contributed by atoms with Crippen molar-refractivity contribution in [2.45, 2.75) is 31.7 Å². The van der Waals surface area contributed by atoms with Gasteiger partial charge in [-0.3, -0.25) is 9.59 Å². The standard InChI is InChI=1S/C19H24N2O6/c22-16(21-17(19(24)25)13-3-2-8-26-10-13)11-27-15-5-1-4-14(9-15)20-18(23)12-6-7-12/h1,4-5,9,12-13,17H,2-3,6-8,10-11H2,(H,20,23)(H,21,22)(H,24,25). The van der Waals surface area contributed by atoms with E-state index in [0.29, 0.717) is 31.1 Å². The molecule has 1 aromatic carbocycles. The van der Waals surface area contributed by atoms with Crippen molar-refractivity contribution in [2.24, 2.45) is 11.8 Å². The van der Waals surface area contributed by atoms with Crippen LogP contribution in [0.3, 0.4) is 0 Å². The molecule has 3 rings (SSSR count). The Morgan fingerprint density at radius 3 is 2.74 bits per heavy atom. The zero-order valence-electron chi connectivity index (χ0n) is 15.0. The molecule has 146 valence electrons. The number of carboxylic acid groups (broad SMARTS) is 1. The Morgan fingerprint density at radius 1 is 1.26 bits per heavy atom. The molecule has 0 spiro atoms. The van der Waals surface area contributed by atoms with Gasteiger partial charge in [-0.1, -0.05) is 6.07 Å². The van der Waals surface area contributed by atoms with E-state index in [2.05, 4.69) is 10.6 Å². The third-order valence-electron chi connectivity index (χ3n) is 4.67. The number of carboxylic acids is 1. The van der Waals surface area contributed by atoms with Crippen LogP contribution in [0.15, 0.2) is 24.3 Å². The third kappa shape index (κ3) is 5.68. The third-order valence-corrected chi connectivity index (χ3v) is 4.67. The highest BCUT2D eigenvalue weighted by atomic mass is 16.5. The average Bonchev–Trinajstić information content (AvgIpc) is 3.50. The summed E-state index contributed by atoms with van der Waals surface area (Å²) in [6.07, 6.45) is 3.30. The van der Waals surface area contributed by atoms with E-state index in [1.165, 1.54) is 0 Å². The summed E-state index contributed by atoms with van der Waals surface area (Å²) < 4.78 is 10.8. The van der Waals surface area contributed by atoms with Crippen LogP contribution in [0.25, 0.3) is 0 Å². The van der Waals surface area contributed by atoms with Crippen LogP contribution in [0.2, 0.25) is 0 Å². The molecular weight excluding hydrogens is 352 g/mol. The maximum atomic E-state index is 12.1. The maximum Gasteiger partial charge on any atom is 0.326 e. The van der Waals surface area contributed by atoms with Crippen molar-refractivity contribution in [2.75, 3.05) is 25.1 Å². The Balaban J connectivity index is 1.50. The second kappa shape index (κ2) is 8.85. The van der Waals surface area contributed by atoms with Crippen LogP contribution in [0.1, 0.15) is 25.7 Å². The number of hydrogen-bond acceptors (Lipinski definition) is 5. The van der Waals surface area contributed by atoms with Crippen LogP contribution in [-0.4, -0.2) is 48.8 Å². The molecule has 1 aliphatic carbocycles. The molecule has 1 aromatic rings. The summed E-state index contributed by atoms with van der Waals surface area (Å²) in [5.41, 5.74) is 0.604. The topological polar surface area (TPSA) is 114 Å². The Labute approximate surface area is 157 Å². The predicted molar refractivity (Wildman–Crippen MR) is 96.4 cm³/mol. The number of carbonyl (C=O) groups excluding carboxylic acids is 2. The van der Waals surface area contributed by atoms with E-state index in [9.17, 15) is 19.5 Å². The highest BCUT2D eigenvalue weighted by molar-refractivity contribution is 5.94. The van der Waals surface area contributed by atoms with Gasteiger partial charge in [-0.25, -0.2) is 4.79 Å². The monoisotopic (exact) mass is 376 g/mol. The minimum atomic E-state index is -1.08. The first-order valence-corrected chi connectivity index (χ1v) is 9.16. The number of anilines is 1. The molecule has 3 N–H and O–H groups in total. The molecule has 2 atom stereocenters. The van der Waals surface area contributed by atoms with E-state index >= 15 is 0 Å². The van der Waals surface area contributed by atoms with Gasteiger partial charge < -0.3 is 25.2 Å². The molecule has 8 nitrogen and oxygen atoms in total. The minimum absolute atomic E-state index is 0.0103. The lowest BCUT2D eigenvalue weighted by Crippen LogP contribution is -2.49. The second-order valence-corrected chi connectivity index (χ2v) is 6.94. The molecule has 1 heterocycles. The van der Waals surface area contributed by atoms with E-state index in [1.54, 1.807) is 24.3 Å². The molecule has 8 heteroatoms. The number of carbonyl (C=O) groups is 3. The van der Waals surface area contributed by atoms with Crippen LogP contribution in [0, 0.1) is 11.8 Å². The average molecular weight is 376 g/mol. The summed E-state index contributed by atoms with van der Waals surface area (Å²) in [6.45, 7) is 0.631. The maximum absolute atomic E-state index is 12.1. The van der Waals surface area contributed by atoms with Gasteiger partial charge in [-0.05, 0) is 37.8 Å². The van der Waals surface area contributed by atoms with Gasteiger partial charge >= 0.3 is 5.97 Å². The number of ether oxygens (including phenoxy) is 2. The van der Waals surface area contributed by atoms with Gasteiger partial charge in [0.05, 0.1) is 6.61 Å². The summed E-state index contributed by atoms with van der Waals surface area (Å²) in [7, 11) is 0. The second-order valence-electron chi connectivity index (χ2n) is 6.94. The van der Waals surface area contributed by atoms with Gasteiger partial charge in [0.1, 0.15) is 11.8 Å². The van der Waals surface area contributed by atoms with Crippen molar-refractivity contribution < 1.29 is 29.0 Å². The van der Waals surface area contributed by atoms with E-state index in [-0.39, 0.29) is 24.3 Å². The molecule has 2 amide bonds. The Bertz CT molecular complexity index is 697. The highest BCUT2D eigenvalue weighted by Crippen LogP contribution is 2.30. The van der Waals surface area contributed by atoms with Gasteiger partial charge in [0.2, 0.25) is 5.91 Å². The minimum Gasteiger partial charge on any atom is -0.484 e. The molecule has 2 aliphatic rings. The molecule has 1 saturated heterocycles. The van der Waals surface area contributed by atoms with Gasteiger partial charge in [0.25, 0.3) is 5.91 Å². The fraction of sp³-hybridized carbons (Fsp3) is 0.526. The van der Waals surface area contributed by atoms with E-state index in [4.69, 9.17) is 9.47 Å². The highest BCUT2D eigenvalue weighted by Gasteiger charge is 2.31. The largest absolute Gasteiger partial charge is 0.484 e. The Kier molecular flexibility index (Phi) is 6.28. The summed E-state index contributed by atoms with van der Waals surface area (Å²) in [6, 6.07) is 5.78. The predicted octanol–water partition coefficient (Wildman–Crippen LogP) is 1.41. The van der Waals surface area contributed by atoms with E-state index in [1.807, 2.05) is 0 Å². The van der Waals surface area contributed by atoms with E-state index in [0.717, 1.165) is 19.3 Å². The quantitative estimate of drug-likeness (QED) is 0.632. The molecule has 1 aliphatic heterocycles. The molecule has 1 saturated carbocycles. The zero-order chi connectivity index (χ0) is 19.2. The molecule has 2 fully saturated rings. The SMILES string of the molecule is O=C(COc1cccc(NC(=O)C2CC2)c1)NC(C(=O)O)C1CCCOC1. The lowest BCUT2D eigenvalue weighted by Gasteiger charge is -2.28. The zero-order valence-corrected chi connectivity index (χ0v) is 15.0. The van der Waals surface area contributed by atoms with Crippen molar-refractivity contribution in [3.8, 4) is 5.75 Å². The fourth-order valence-corrected chi connectivity index (χ4v) is 3.03. The number of amides is 2. The summed E-state index contributed by atoms with van der Waals surface area (Å²) >= 11 is 0. The number of nitrogens with one attached hydrogen (secondary N) is 2. The van der Waals surface area contributed by atoms with Crippen LogP contribution in [0.4, 0.5) is 5.69 Å². The van der Waals surface area contributed by atoms with Gasteiger partial charge in [0.15, 0.2) is 6.61 Å². The van der Waals surface area contributed by atoms with Crippen LogP contribution < -0.4 is 15.4 Å². The first kappa shape index (κ1) is 19.2. The van der Waals surface area contributed by atoms with Crippen molar-refractivity contribution in [3.05, 3.63) is 24.3 Å². The number of rotatable bonds is 8. The lowest BCUT2D eigenvalue weighted by molar-refractivity contribution is -0.145. The summed E-state index contributed by atoms with van der Waals surface area (Å²) in [4.78, 5) is 35.4. The number of benzene rings is 1. The smallest absolute Gasteiger partial charge is 0.326 e. The molecule has 27 heavy (non-hydrogen) atoms. The summed E-state index contributed by atoms with van der Waals surface area (Å²) in [5.74, 6) is -1.34. The van der Waals surface area contributed by atoms with Gasteiger partial charge in [-0.2, -0.15) is 0 Å². The van der Waals surface area contributed by atoms with Gasteiger partial charge in [-0.15, -0.1) is 0 Å².